The van der Waals surface area contributed by atoms with Crippen LogP contribution in [0.25, 0.3) is 0 Å². The Morgan fingerprint density at radius 2 is 0.560 bits per heavy atom. The molecule has 0 aliphatic carbocycles. The van der Waals surface area contributed by atoms with Gasteiger partial charge >= 0.3 is 23.9 Å². The van der Waals surface area contributed by atoms with Crippen LogP contribution in [0.3, 0.4) is 0 Å². The monoisotopic (exact) mass is 703 g/mol. The third-order valence-electron chi connectivity index (χ3n) is 8.67. The van der Waals surface area contributed by atoms with Crippen molar-refractivity contribution < 1.29 is 38.1 Å². The van der Waals surface area contributed by atoms with Crippen LogP contribution in [-0.4, -0.2) is 50.3 Å². The van der Waals surface area contributed by atoms with Crippen LogP contribution in [0.1, 0.15) is 200 Å². The molecule has 0 N–H and O–H groups in total. The van der Waals surface area contributed by atoms with Gasteiger partial charge in [-0.05, 0) is 61.5 Å². The van der Waals surface area contributed by atoms with Crippen LogP contribution < -0.4 is 0 Å². The summed E-state index contributed by atoms with van der Waals surface area (Å²) in [6.07, 6.45) is 14.9. The fourth-order valence-electron chi connectivity index (χ4n) is 5.57. The van der Waals surface area contributed by atoms with E-state index >= 15 is 0 Å². The zero-order valence-electron chi connectivity index (χ0n) is 32.9. The van der Waals surface area contributed by atoms with Crippen molar-refractivity contribution in [2.24, 2.45) is 23.7 Å². The third-order valence-corrected chi connectivity index (χ3v) is 8.67. The van der Waals surface area contributed by atoms with E-state index in [1.54, 1.807) is 0 Å². The minimum absolute atomic E-state index is 0.119. The lowest BCUT2D eigenvalue weighted by atomic mass is 9.97. The van der Waals surface area contributed by atoms with Crippen molar-refractivity contribution in [1.29, 1.82) is 0 Å². The maximum absolute atomic E-state index is 13.5. The molecular weight excluding hydrogens is 632 g/mol. The summed E-state index contributed by atoms with van der Waals surface area (Å²) in [5.74, 6) is -0.555. The molecular formula is C42H70O8. The number of hydrogen-bond acceptors (Lipinski definition) is 8. The van der Waals surface area contributed by atoms with Crippen molar-refractivity contribution in [2.45, 2.75) is 158 Å². The quantitative estimate of drug-likeness (QED) is 0.0482. The maximum Gasteiger partial charge on any atom is 0.339 e. The van der Waals surface area contributed by atoms with Crippen molar-refractivity contribution in [3.05, 3.63) is 34.4 Å². The SMILES string of the molecule is CC(C)CCCCCOC(=O)c1cc(C(=O)OCCCCCC(C)C)c(C(=O)OCCCCCC(C)C)cc1C(=O)OCCCCCC(C)C. The molecule has 0 fully saturated rings. The molecule has 0 aliphatic rings. The van der Waals surface area contributed by atoms with Gasteiger partial charge in [0.1, 0.15) is 0 Å². The summed E-state index contributed by atoms with van der Waals surface area (Å²) in [6.45, 7) is 18.1. The molecule has 0 atom stereocenters. The van der Waals surface area contributed by atoms with Gasteiger partial charge in [-0.2, -0.15) is 0 Å². The molecule has 0 amide bonds. The van der Waals surface area contributed by atoms with Crippen LogP contribution in [0.2, 0.25) is 0 Å². The average Bonchev–Trinajstić information content (AvgIpc) is 3.05. The summed E-state index contributed by atoms with van der Waals surface area (Å²) in [7, 11) is 0. The smallest absolute Gasteiger partial charge is 0.339 e. The molecule has 0 aliphatic heterocycles. The number of benzene rings is 1. The molecule has 50 heavy (non-hydrogen) atoms. The molecule has 0 aromatic heterocycles. The van der Waals surface area contributed by atoms with Crippen LogP contribution in [0.4, 0.5) is 0 Å². The highest BCUT2D eigenvalue weighted by molar-refractivity contribution is 6.10. The standard InChI is InChI=1S/C42H70O8/c1-31(2)21-13-9-17-25-47-39(43)35-29-37(41(45)49-27-19-11-15-23-33(5)6)38(42(46)50-28-20-12-16-24-34(7)8)30-36(35)40(44)48-26-18-10-14-22-32(3)4/h29-34H,9-28H2,1-8H3. The first-order valence-electron chi connectivity index (χ1n) is 19.7. The molecule has 0 unspecified atom stereocenters. The summed E-state index contributed by atoms with van der Waals surface area (Å²) < 4.78 is 22.4. The van der Waals surface area contributed by atoms with Crippen molar-refractivity contribution in [3.63, 3.8) is 0 Å². The fraction of sp³-hybridized carbons (Fsp3) is 0.762. The molecule has 1 aromatic rings. The van der Waals surface area contributed by atoms with E-state index in [0.29, 0.717) is 49.4 Å². The van der Waals surface area contributed by atoms with Crippen molar-refractivity contribution in [3.8, 4) is 0 Å². The Hall–Kier alpha value is -2.90. The first kappa shape index (κ1) is 45.1. The van der Waals surface area contributed by atoms with Crippen LogP contribution in [-0.2, 0) is 18.9 Å². The average molecular weight is 703 g/mol. The molecule has 1 rings (SSSR count). The number of ether oxygens (including phenoxy) is 4. The van der Waals surface area contributed by atoms with Crippen molar-refractivity contribution >= 4 is 23.9 Å². The zero-order chi connectivity index (χ0) is 37.3. The summed E-state index contributed by atoms with van der Waals surface area (Å²) in [5, 5.41) is 0. The van der Waals surface area contributed by atoms with E-state index in [0.717, 1.165) is 77.0 Å². The first-order chi connectivity index (χ1) is 23.8. The van der Waals surface area contributed by atoms with E-state index in [1.807, 2.05) is 0 Å². The lowest BCUT2D eigenvalue weighted by molar-refractivity contribution is 0.0434. The van der Waals surface area contributed by atoms with E-state index < -0.39 is 23.9 Å². The van der Waals surface area contributed by atoms with Gasteiger partial charge in [0, 0.05) is 0 Å². The summed E-state index contributed by atoms with van der Waals surface area (Å²) in [6, 6.07) is 2.50. The molecule has 8 nitrogen and oxygen atoms in total. The van der Waals surface area contributed by atoms with Gasteiger partial charge in [-0.25, -0.2) is 19.2 Å². The van der Waals surface area contributed by atoms with Gasteiger partial charge in [0.05, 0.1) is 48.7 Å². The predicted molar refractivity (Wildman–Crippen MR) is 201 cm³/mol. The number of carbonyl (C=O) groups is 4. The minimum Gasteiger partial charge on any atom is -0.462 e. The molecule has 1 aromatic carbocycles. The van der Waals surface area contributed by atoms with Crippen LogP contribution in [0.15, 0.2) is 12.1 Å². The number of rotatable bonds is 28. The minimum atomic E-state index is -0.745. The molecule has 0 heterocycles. The number of carbonyl (C=O) groups excluding carboxylic acids is 4. The normalized spacial score (nSPS) is 11.4. The summed E-state index contributed by atoms with van der Waals surface area (Å²) >= 11 is 0. The second-order valence-electron chi connectivity index (χ2n) is 15.5. The molecule has 8 heteroatoms. The highest BCUT2D eigenvalue weighted by atomic mass is 16.5. The molecule has 0 spiro atoms. The highest BCUT2D eigenvalue weighted by Gasteiger charge is 2.29. The molecule has 0 saturated carbocycles. The van der Waals surface area contributed by atoms with Crippen LogP contribution >= 0.6 is 0 Å². The fourth-order valence-corrected chi connectivity index (χ4v) is 5.57. The Balaban J connectivity index is 3.27. The lowest BCUT2D eigenvalue weighted by Gasteiger charge is -2.15. The van der Waals surface area contributed by atoms with Gasteiger partial charge in [0.15, 0.2) is 0 Å². The first-order valence-corrected chi connectivity index (χ1v) is 19.7. The van der Waals surface area contributed by atoms with Crippen LogP contribution in [0, 0.1) is 23.7 Å². The van der Waals surface area contributed by atoms with Crippen LogP contribution in [0.5, 0.6) is 0 Å². The van der Waals surface area contributed by atoms with Crippen molar-refractivity contribution in [1.82, 2.24) is 0 Å². The van der Waals surface area contributed by atoms with Gasteiger partial charge in [0.2, 0.25) is 0 Å². The Morgan fingerprint density at radius 1 is 0.360 bits per heavy atom. The van der Waals surface area contributed by atoms with E-state index in [9.17, 15) is 19.2 Å². The lowest BCUT2D eigenvalue weighted by Crippen LogP contribution is -2.21. The topological polar surface area (TPSA) is 105 Å². The Morgan fingerprint density at radius 3 is 0.740 bits per heavy atom. The highest BCUT2D eigenvalue weighted by Crippen LogP contribution is 2.23. The third kappa shape index (κ3) is 20.7. The molecule has 286 valence electrons. The van der Waals surface area contributed by atoms with Gasteiger partial charge in [-0.1, -0.05) is 132 Å². The van der Waals surface area contributed by atoms with Gasteiger partial charge < -0.3 is 18.9 Å². The maximum atomic E-state index is 13.5. The second-order valence-corrected chi connectivity index (χ2v) is 15.5. The second kappa shape index (κ2) is 26.8. The molecule has 0 bridgehead atoms. The number of unbranched alkanes of at least 4 members (excludes halogenated alkanes) is 8. The number of hydrogen-bond donors (Lipinski definition) is 0. The molecule has 0 radical (unpaired) electrons. The van der Waals surface area contributed by atoms with E-state index in [4.69, 9.17) is 18.9 Å². The molecule has 0 saturated heterocycles. The Bertz CT molecular complexity index is 951. The predicted octanol–water partition coefficient (Wildman–Crippen LogP) is 11.2. The largest absolute Gasteiger partial charge is 0.462 e. The number of esters is 4. The van der Waals surface area contributed by atoms with E-state index in [-0.39, 0.29) is 48.7 Å². The summed E-state index contributed by atoms with van der Waals surface area (Å²) in [5.41, 5.74) is -0.477. The zero-order valence-corrected chi connectivity index (χ0v) is 32.9. The van der Waals surface area contributed by atoms with Crippen molar-refractivity contribution in [2.75, 3.05) is 26.4 Å². The Kier molecular flexibility index (Phi) is 24.2. The Labute approximate surface area is 304 Å². The van der Waals surface area contributed by atoms with Gasteiger partial charge in [-0.3, -0.25) is 0 Å². The summed E-state index contributed by atoms with van der Waals surface area (Å²) in [4.78, 5) is 53.8. The van der Waals surface area contributed by atoms with E-state index in [1.165, 1.54) is 12.1 Å². The van der Waals surface area contributed by atoms with Gasteiger partial charge in [0.25, 0.3) is 0 Å². The van der Waals surface area contributed by atoms with Gasteiger partial charge in [-0.15, -0.1) is 0 Å². The van der Waals surface area contributed by atoms with E-state index in [2.05, 4.69) is 55.4 Å².